The molecular formula is C117H102N12S3. The molecule has 0 spiro atoms. The highest BCUT2D eigenvalue weighted by molar-refractivity contribution is 8.00. The average molecular weight is 1770 g/mol. The van der Waals surface area contributed by atoms with Gasteiger partial charge < -0.3 is 14.7 Å². The first kappa shape index (κ1) is 87.1. The molecule has 648 valence electrons. The molecule has 3 aliphatic rings. The molecule has 12 nitrogen and oxygen atoms in total. The van der Waals surface area contributed by atoms with E-state index in [1.54, 1.807) is 0 Å². The Morgan fingerprint density at radius 1 is 0.220 bits per heavy atom. The van der Waals surface area contributed by atoms with E-state index < -0.39 is 0 Å². The highest BCUT2D eigenvalue weighted by Crippen LogP contribution is 2.57. The van der Waals surface area contributed by atoms with Gasteiger partial charge in [0.2, 0.25) is 0 Å². The van der Waals surface area contributed by atoms with Crippen LogP contribution in [0.3, 0.4) is 0 Å². The van der Waals surface area contributed by atoms with Crippen molar-refractivity contribution in [3.8, 4) is 102 Å². The third-order valence-electron chi connectivity index (χ3n) is 24.2. The van der Waals surface area contributed by atoms with Crippen molar-refractivity contribution in [2.45, 2.75) is 148 Å². The smallest absolute Gasteiger partial charge is 0.164 e. The Labute approximate surface area is 788 Å². The van der Waals surface area contributed by atoms with Crippen LogP contribution in [0.4, 0.5) is 51.2 Å². The number of nitrogens with zero attached hydrogens (tertiary/aromatic N) is 12. The Balaban J connectivity index is 0.000000128. The summed E-state index contributed by atoms with van der Waals surface area (Å²) in [6.45, 7) is 27.1. The van der Waals surface area contributed by atoms with Crippen LogP contribution in [0.15, 0.2) is 393 Å². The zero-order valence-electron chi connectivity index (χ0n) is 76.3. The van der Waals surface area contributed by atoms with Gasteiger partial charge in [-0.05, 0) is 214 Å². The van der Waals surface area contributed by atoms with Crippen LogP contribution in [0, 0.1) is 0 Å². The van der Waals surface area contributed by atoms with Crippen molar-refractivity contribution in [1.82, 2.24) is 44.9 Å². The molecule has 21 rings (SSSR count). The summed E-state index contributed by atoms with van der Waals surface area (Å²) >= 11 is 5.62. The Bertz CT molecular complexity index is 6850. The van der Waals surface area contributed by atoms with Gasteiger partial charge in [0.05, 0.1) is 34.1 Å². The summed E-state index contributed by atoms with van der Waals surface area (Å²) in [6, 6.07) is 128. The number of hydrogen-bond donors (Lipinski definition) is 0. The van der Waals surface area contributed by atoms with Crippen LogP contribution in [0.1, 0.15) is 128 Å². The summed E-state index contributed by atoms with van der Waals surface area (Å²) in [5.41, 5.74) is 27.4. The first-order chi connectivity index (χ1) is 64.2. The minimum atomic E-state index is 0.0668. The second-order valence-electron chi connectivity index (χ2n) is 36.0. The molecule has 3 aliphatic heterocycles. The Hall–Kier alpha value is -14.2. The van der Waals surface area contributed by atoms with E-state index >= 15 is 0 Å². The van der Waals surface area contributed by atoms with Gasteiger partial charge in [-0.15, -0.1) is 0 Å². The van der Waals surface area contributed by atoms with E-state index in [1.165, 1.54) is 96.9 Å². The molecule has 0 amide bonds. The Morgan fingerprint density at radius 2 is 0.417 bits per heavy atom. The van der Waals surface area contributed by atoms with Crippen molar-refractivity contribution >= 4 is 86.5 Å². The SMILES string of the molecule is CC(C)(C)c1ccc2c(c1)Sc1cc(C(C)(C)C)ccc1N2c1ccc(-c2nc(-c3ccccc3)nc(-c3ccccc3)n2)cc1.CC(C)c1ccc2c(c1)Sc1cc(C(C)C)ccc1N2c1ccc(-c2nc(-c3ccccc3)nc(-c3ccccc3)n2)cc1.CCc1ccc2c(c1)Sc1cc(CC)ccc1N2c1ccc(-c2nc(-c3ccccc3)nc(-c3ccccc3)n2)cc1. The van der Waals surface area contributed by atoms with E-state index in [2.05, 4.69) is 280 Å². The lowest BCUT2D eigenvalue weighted by Gasteiger charge is -2.35. The zero-order chi connectivity index (χ0) is 90.7. The van der Waals surface area contributed by atoms with Crippen molar-refractivity contribution in [3.05, 3.63) is 397 Å². The van der Waals surface area contributed by atoms with E-state index in [4.69, 9.17) is 44.9 Å². The predicted octanol–water partition coefficient (Wildman–Crippen LogP) is 32.4. The molecule has 6 heterocycles. The van der Waals surface area contributed by atoms with Gasteiger partial charge in [-0.25, -0.2) is 44.9 Å². The van der Waals surface area contributed by atoms with Crippen LogP contribution in [0.2, 0.25) is 0 Å². The monoisotopic (exact) mass is 1770 g/mol. The number of aromatic nitrogens is 9. The summed E-state index contributed by atoms with van der Waals surface area (Å²) < 4.78 is 0. The third kappa shape index (κ3) is 18.7. The van der Waals surface area contributed by atoms with E-state index in [0.29, 0.717) is 64.3 Å². The summed E-state index contributed by atoms with van der Waals surface area (Å²) in [7, 11) is 0. The van der Waals surface area contributed by atoms with Gasteiger partial charge in [0.25, 0.3) is 0 Å². The molecular weight excluding hydrogens is 1670 g/mol. The Morgan fingerprint density at radius 3 is 0.629 bits per heavy atom. The molecule has 0 unspecified atom stereocenters. The lowest BCUT2D eigenvalue weighted by atomic mass is 9.86. The highest BCUT2D eigenvalue weighted by atomic mass is 32.2. The number of hydrogen-bond acceptors (Lipinski definition) is 15. The van der Waals surface area contributed by atoms with E-state index in [-0.39, 0.29) is 10.8 Å². The van der Waals surface area contributed by atoms with E-state index in [9.17, 15) is 0 Å². The standard InChI is InChI=1S/C41H38N4S.C39H34N4S.C37H30N4S/c1-40(2,3)30-19-23-33-35(25-30)46-36-26-31(41(4,5)6)20-24-34(36)45(33)32-21-17-29(18-22-32)39-43-37(27-13-9-7-10-14-27)42-38(44-39)28-15-11-8-12-16-28;1-25(2)30-17-21-33-35(23-30)44-36-24-31(26(3)4)18-22-34(36)43(33)32-19-15-29(16-20-32)39-41-37(27-11-7-5-8-12-27)40-38(42-39)28-13-9-6-10-14-28;1-3-25-15-21-31-33(23-25)42-34-24-26(4-2)16-22-32(34)41(31)30-19-17-29(18-20-30)37-39-35(27-11-7-5-8-12-27)38-36(40-37)28-13-9-6-10-14-28/h7-26H,1-6H3;5-26H,1-4H3;5-24H,3-4H2,1-2H3. The minimum absolute atomic E-state index is 0.0668. The van der Waals surface area contributed by atoms with Gasteiger partial charge in [-0.2, -0.15) is 0 Å². The highest BCUT2D eigenvalue weighted by Gasteiger charge is 2.32. The zero-order valence-corrected chi connectivity index (χ0v) is 78.8. The molecule has 0 atom stereocenters. The minimum Gasteiger partial charge on any atom is -0.308 e. The third-order valence-corrected chi connectivity index (χ3v) is 27.5. The average Bonchev–Trinajstić information content (AvgIpc) is 0.749. The second kappa shape index (κ2) is 37.7. The molecule has 0 saturated heterocycles. The number of fused-ring (bicyclic) bond motifs is 6. The molecule has 0 aliphatic carbocycles. The fourth-order valence-electron chi connectivity index (χ4n) is 16.6. The molecule has 132 heavy (non-hydrogen) atoms. The summed E-state index contributed by atoms with van der Waals surface area (Å²) in [5.74, 6) is 6.88. The fourth-order valence-corrected chi connectivity index (χ4v) is 20.0. The van der Waals surface area contributed by atoms with Crippen LogP contribution >= 0.6 is 35.3 Å². The Kier molecular flexibility index (Phi) is 24.9. The van der Waals surface area contributed by atoms with Crippen molar-refractivity contribution in [1.29, 1.82) is 0 Å². The summed E-state index contributed by atoms with van der Waals surface area (Å²) in [6.07, 6.45) is 2.04. The van der Waals surface area contributed by atoms with Crippen molar-refractivity contribution in [2.75, 3.05) is 14.7 Å². The molecule has 0 fully saturated rings. The number of rotatable bonds is 16. The lowest BCUT2D eigenvalue weighted by Crippen LogP contribution is -2.18. The molecule has 15 aromatic carbocycles. The topological polar surface area (TPSA) is 126 Å². The largest absolute Gasteiger partial charge is 0.308 e. The van der Waals surface area contributed by atoms with Crippen LogP contribution in [0.5, 0.6) is 0 Å². The van der Waals surface area contributed by atoms with Gasteiger partial charge in [-0.1, -0.05) is 337 Å². The first-order valence-corrected chi connectivity index (χ1v) is 47.8. The maximum absolute atomic E-state index is 4.94. The number of aryl methyl sites for hydroxylation is 2. The van der Waals surface area contributed by atoms with Crippen LogP contribution in [-0.2, 0) is 23.7 Å². The molecule has 0 radical (unpaired) electrons. The fraction of sp³-hybridized carbons (Fsp3) is 0.154. The molecule has 0 bridgehead atoms. The van der Waals surface area contributed by atoms with Gasteiger partial charge in [0.15, 0.2) is 52.4 Å². The summed E-state index contributed by atoms with van der Waals surface area (Å²) in [4.78, 5) is 58.9. The normalized spacial score (nSPS) is 12.5. The van der Waals surface area contributed by atoms with E-state index in [1.807, 2.05) is 217 Å². The summed E-state index contributed by atoms with van der Waals surface area (Å²) in [5, 5.41) is 0. The molecule has 0 N–H and O–H groups in total. The van der Waals surface area contributed by atoms with Crippen LogP contribution in [-0.4, -0.2) is 44.9 Å². The van der Waals surface area contributed by atoms with Gasteiger partial charge in [-0.3, -0.25) is 0 Å². The van der Waals surface area contributed by atoms with Crippen LogP contribution < -0.4 is 14.7 Å². The van der Waals surface area contributed by atoms with Crippen molar-refractivity contribution in [3.63, 3.8) is 0 Å². The molecule has 18 aromatic rings. The van der Waals surface area contributed by atoms with Gasteiger partial charge >= 0.3 is 0 Å². The molecule has 3 aromatic heterocycles. The first-order valence-electron chi connectivity index (χ1n) is 45.4. The molecule has 0 saturated carbocycles. The maximum Gasteiger partial charge on any atom is 0.164 e. The van der Waals surface area contributed by atoms with Gasteiger partial charge in [0, 0.05) is 96.5 Å². The lowest BCUT2D eigenvalue weighted by molar-refractivity contribution is 0.588. The van der Waals surface area contributed by atoms with Crippen molar-refractivity contribution in [2.24, 2.45) is 0 Å². The number of anilines is 9. The maximum atomic E-state index is 4.94. The molecule has 15 heteroatoms. The second-order valence-corrected chi connectivity index (χ2v) is 39.3. The number of benzene rings is 15. The predicted molar refractivity (Wildman–Crippen MR) is 549 cm³/mol. The van der Waals surface area contributed by atoms with E-state index in [0.717, 1.165) is 80.0 Å². The van der Waals surface area contributed by atoms with Gasteiger partial charge in [0.1, 0.15) is 0 Å². The van der Waals surface area contributed by atoms with Crippen LogP contribution in [0.25, 0.3) is 102 Å². The quantitative estimate of drug-likeness (QED) is 0.0910. The van der Waals surface area contributed by atoms with Crippen molar-refractivity contribution < 1.29 is 0 Å².